The number of benzene rings is 1. The first-order valence-electron chi connectivity index (χ1n) is 3.64. The summed E-state index contributed by atoms with van der Waals surface area (Å²) in [6, 6.07) is 12.5. The summed E-state index contributed by atoms with van der Waals surface area (Å²) in [5, 5.41) is 0. The zero-order chi connectivity index (χ0) is 7.82. The Morgan fingerprint density at radius 3 is 1.36 bits per heavy atom. The lowest BCUT2D eigenvalue weighted by molar-refractivity contribution is 0.737. The van der Waals surface area contributed by atoms with Gasteiger partial charge in [0, 0.05) is 0 Å². The van der Waals surface area contributed by atoms with Crippen molar-refractivity contribution in [2.45, 2.75) is 28.2 Å². The monoisotopic (exact) mass is 151 g/mol. The largest absolute Gasteiger partial charge is 0.0776 e. The molecular weight excluding hydrogens is 132 g/mol. The zero-order valence-electron chi connectivity index (χ0n) is 6.96. The summed E-state index contributed by atoms with van der Waals surface area (Å²) in [6.07, 6.45) is 0. The molecule has 0 fully saturated rings. The molecule has 1 aromatic rings. The van der Waals surface area contributed by atoms with E-state index in [4.69, 9.17) is 0 Å². The molecule has 1 aromatic carbocycles. The lowest BCUT2D eigenvalue weighted by Gasteiger charge is -1.79. The van der Waals surface area contributed by atoms with Crippen LogP contribution < -0.4 is 0 Å². The van der Waals surface area contributed by atoms with Crippen LogP contribution in [-0.4, -0.2) is 0 Å². The van der Waals surface area contributed by atoms with Gasteiger partial charge in [-0.25, -0.2) is 0 Å². The molecule has 0 amide bonds. The quantitative estimate of drug-likeness (QED) is 0.529. The fraction of sp³-hybridized carbons (Fsp3) is 0.455. The van der Waals surface area contributed by atoms with Crippen molar-refractivity contribution in [3.8, 4) is 0 Å². The van der Waals surface area contributed by atoms with Gasteiger partial charge < -0.3 is 0 Å². The smallest absolute Gasteiger partial charge is 0.0184 e. The van der Waals surface area contributed by atoms with E-state index < -0.39 is 0 Å². The summed E-state index contributed by atoms with van der Waals surface area (Å²) < 4.78 is 0. The van der Waals surface area contributed by atoms with E-state index in [0.717, 1.165) is 5.92 Å². The molecule has 63 valence electrons. The third-order valence-electron chi connectivity index (χ3n) is 0.607. The zero-order valence-corrected chi connectivity index (χ0v) is 6.96. The van der Waals surface area contributed by atoms with Gasteiger partial charge in [-0.1, -0.05) is 58.5 Å². The Balaban J connectivity index is 0. The van der Waals surface area contributed by atoms with Crippen LogP contribution in [0.1, 0.15) is 28.2 Å². The van der Waals surface area contributed by atoms with Gasteiger partial charge in [0.1, 0.15) is 0 Å². The van der Waals surface area contributed by atoms with Gasteiger partial charge in [-0.15, -0.1) is 0 Å². The Morgan fingerprint density at radius 2 is 1.27 bits per heavy atom. The molecule has 0 unspecified atom stereocenters. The van der Waals surface area contributed by atoms with E-state index in [1.165, 1.54) is 0 Å². The molecule has 0 bridgehead atoms. The summed E-state index contributed by atoms with van der Waals surface area (Å²) in [5.41, 5.74) is 0. The second-order valence-corrected chi connectivity index (χ2v) is 2.81. The second kappa shape index (κ2) is 9.22. The highest BCUT2D eigenvalue weighted by Crippen LogP contribution is 1.81. The van der Waals surface area contributed by atoms with Crippen LogP contribution in [0.25, 0.3) is 0 Å². The highest BCUT2D eigenvalue weighted by Gasteiger charge is 1.68. The lowest BCUT2D eigenvalue weighted by atomic mass is 10.3. The Hall–Kier alpha value is -0.780. The van der Waals surface area contributed by atoms with E-state index in [-0.39, 0.29) is 7.43 Å². The summed E-state index contributed by atoms with van der Waals surface area (Å²) in [6.45, 7) is 6.50. The van der Waals surface area contributed by atoms with Crippen molar-refractivity contribution in [2.75, 3.05) is 0 Å². The van der Waals surface area contributed by atoms with Gasteiger partial charge >= 0.3 is 0 Å². The number of rotatable bonds is 0. The minimum absolute atomic E-state index is 0. The van der Waals surface area contributed by atoms with Crippen molar-refractivity contribution in [1.29, 1.82) is 0 Å². The summed E-state index contributed by atoms with van der Waals surface area (Å²) in [5.74, 6) is 0.833. The average molecular weight is 151 g/mol. The maximum absolute atomic E-state index is 2.89. The molecule has 0 spiro atoms. The topological polar surface area (TPSA) is 0 Å². The number of hydrogen-bond acceptors (Lipinski definition) is 0. The van der Waals surface area contributed by atoms with Crippen molar-refractivity contribution in [3.05, 3.63) is 36.4 Å². The van der Waals surface area contributed by atoms with Crippen molar-refractivity contribution in [1.82, 2.24) is 0 Å². The Labute approximate surface area is 71.3 Å². The molecular formula is C11H19. The van der Waals surface area contributed by atoms with Crippen LogP contribution in [0.3, 0.4) is 0 Å². The van der Waals surface area contributed by atoms with Crippen LogP contribution >= 0.6 is 0 Å². The van der Waals surface area contributed by atoms with Crippen LogP contribution in [0.15, 0.2) is 30.3 Å². The van der Waals surface area contributed by atoms with Crippen LogP contribution in [0.4, 0.5) is 0 Å². The van der Waals surface area contributed by atoms with E-state index in [1.807, 2.05) is 30.3 Å². The van der Waals surface area contributed by atoms with E-state index in [0.29, 0.717) is 0 Å². The second-order valence-electron chi connectivity index (χ2n) is 2.81. The third-order valence-corrected chi connectivity index (χ3v) is 0.607. The molecule has 0 aromatic heterocycles. The molecule has 0 atom stereocenters. The van der Waals surface area contributed by atoms with Crippen molar-refractivity contribution in [2.24, 2.45) is 5.92 Å². The molecule has 0 N–H and O–H groups in total. The molecule has 0 nitrogen and oxygen atoms in total. The molecule has 0 aliphatic carbocycles. The highest BCUT2D eigenvalue weighted by atomic mass is 13.7. The molecule has 0 aliphatic heterocycles. The fourth-order valence-corrected chi connectivity index (χ4v) is 0.342. The fourth-order valence-electron chi connectivity index (χ4n) is 0.342. The predicted octanol–water partition coefficient (Wildman–Crippen LogP) is 3.79. The maximum atomic E-state index is 2.89. The van der Waals surface area contributed by atoms with Gasteiger partial charge in [0.2, 0.25) is 0 Å². The standard InChI is InChI=1S/C6H5.C4H10.CH4/c1-2-4-6-5-3-1;1-4(2)3;/h1-5H;4H,1-3H3;1H4. The SMILES string of the molecule is C.CC(C)C.[c]1ccccc1. The van der Waals surface area contributed by atoms with E-state index in [2.05, 4.69) is 26.8 Å². The molecule has 11 heavy (non-hydrogen) atoms. The molecule has 0 heteroatoms. The first-order chi connectivity index (χ1) is 4.73. The van der Waals surface area contributed by atoms with Gasteiger partial charge in [0.25, 0.3) is 0 Å². The van der Waals surface area contributed by atoms with Crippen molar-refractivity contribution in [3.63, 3.8) is 0 Å². The van der Waals surface area contributed by atoms with Crippen LogP contribution in [0.2, 0.25) is 0 Å². The minimum Gasteiger partial charge on any atom is -0.0776 e. The van der Waals surface area contributed by atoms with E-state index >= 15 is 0 Å². The van der Waals surface area contributed by atoms with Crippen molar-refractivity contribution >= 4 is 0 Å². The lowest BCUT2D eigenvalue weighted by Crippen LogP contribution is -1.66. The van der Waals surface area contributed by atoms with E-state index in [1.54, 1.807) is 0 Å². The van der Waals surface area contributed by atoms with E-state index in [9.17, 15) is 0 Å². The third kappa shape index (κ3) is 17.6. The summed E-state index contributed by atoms with van der Waals surface area (Å²) >= 11 is 0. The summed E-state index contributed by atoms with van der Waals surface area (Å²) in [7, 11) is 0. The molecule has 1 rings (SSSR count). The van der Waals surface area contributed by atoms with Crippen LogP contribution in [-0.2, 0) is 0 Å². The Bertz CT molecular complexity index is 101. The predicted molar refractivity (Wildman–Crippen MR) is 52.5 cm³/mol. The normalized spacial score (nSPS) is 7.64. The molecule has 0 aliphatic rings. The molecule has 0 saturated carbocycles. The van der Waals surface area contributed by atoms with Gasteiger partial charge in [0.15, 0.2) is 0 Å². The van der Waals surface area contributed by atoms with Gasteiger partial charge in [0.05, 0.1) is 0 Å². The summed E-state index contributed by atoms with van der Waals surface area (Å²) in [4.78, 5) is 0. The van der Waals surface area contributed by atoms with Crippen LogP contribution in [0, 0.1) is 12.0 Å². The molecule has 0 heterocycles. The van der Waals surface area contributed by atoms with Gasteiger partial charge in [-0.2, -0.15) is 0 Å². The maximum Gasteiger partial charge on any atom is -0.0184 e. The van der Waals surface area contributed by atoms with Gasteiger partial charge in [-0.05, 0) is 12.0 Å². The first kappa shape index (κ1) is 12.9. The first-order valence-corrected chi connectivity index (χ1v) is 3.64. The Kier molecular flexibility index (Phi) is 10.8. The van der Waals surface area contributed by atoms with Crippen molar-refractivity contribution < 1.29 is 0 Å². The molecule has 1 radical (unpaired) electrons. The highest BCUT2D eigenvalue weighted by molar-refractivity contribution is 4.97. The average Bonchev–Trinajstić information content (AvgIpc) is 1.90. The van der Waals surface area contributed by atoms with Crippen LogP contribution in [0.5, 0.6) is 0 Å². The van der Waals surface area contributed by atoms with Gasteiger partial charge in [-0.3, -0.25) is 0 Å². The number of hydrogen-bond donors (Lipinski definition) is 0. The minimum atomic E-state index is 0. The molecule has 0 saturated heterocycles. The Morgan fingerprint density at radius 1 is 0.909 bits per heavy atom.